The Morgan fingerprint density at radius 2 is 1.67 bits per heavy atom. The Balaban J connectivity index is 1.45. The van der Waals surface area contributed by atoms with Gasteiger partial charge < -0.3 is 5.32 Å². The van der Waals surface area contributed by atoms with Crippen LogP contribution in [0.1, 0.15) is 32.4 Å². The van der Waals surface area contributed by atoms with Gasteiger partial charge >= 0.3 is 0 Å². The number of thiazole rings is 1. The van der Waals surface area contributed by atoms with Crippen LogP contribution in [0.2, 0.25) is 0 Å². The van der Waals surface area contributed by atoms with Crippen molar-refractivity contribution < 1.29 is 13.2 Å². The Labute approximate surface area is 180 Å². The lowest BCUT2D eigenvalue weighted by Gasteiger charge is -2.21. The minimum absolute atomic E-state index is 0.211. The van der Waals surface area contributed by atoms with Gasteiger partial charge in [0.05, 0.1) is 16.4 Å². The molecule has 1 amide bonds. The van der Waals surface area contributed by atoms with E-state index < -0.39 is 15.4 Å². The van der Waals surface area contributed by atoms with Gasteiger partial charge in [-0.05, 0) is 49.9 Å². The maximum absolute atomic E-state index is 12.9. The van der Waals surface area contributed by atoms with E-state index in [-0.39, 0.29) is 11.2 Å². The Morgan fingerprint density at radius 1 is 1.03 bits per heavy atom. The van der Waals surface area contributed by atoms with E-state index >= 15 is 0 Å². The third-order valence-electron chi connectivity index (χ3n) is 5.15. The molecule has 1 saturated carbocycles. The van der Waals surface area contributed by atoms with Crippen molar-refractivity contribution in [1.29, 1.82) is 0 Å². The first-order valence-corrected chi connectivity index (χ1v) is 12.1. The zero-order valence-corrected chi connectivity index (χ0v) is 18.4. The molecule has 2 N–H and O–H groups in total. The van der Waals surface area contributed by atoms with E-state index in [4.69, 9.17) is 0 Å². The number of rotatable bonds is 7. The highest BCUT2D eigenvalue weighted by Gasteiger charge is 2.37. The van der Waals surface area contributed by atoms with E-state index in [0.29, 0.717) is 29.4 Å². The van der Waals surface area contributed by atoms with Gasteiger partial charge in [0, 0.05) is 11.1 Å². The summed E-state index contributed by atoms with van der Waals surface area (Å²) in [5.74, 6) is -0.211. The van der Waals surface area contributed by atoms with Crippen molar-refractivity contribution in [2.75, 3.05) is 10.0 Å². The molecular formula is C22H23N3O3S2. The number of anilines is 2. The van der Waals surface area contributed by atoms with Crippen molar-refractivity contribution in [2.45, 2.75) is 37.4 Å². The molecule has 0 bridgehead atoms. The Kier molecular flexibility index (Phi) is 5.38. The lowest BCUT2D eigenvalue weighted by atomic mass is 9.89. The normalized spacial score (nSPS) is 14.3. The lowest BCUT2D eigenvalue weighted by molar-refractivity contribution is -0.120. The molecular weight excluding hydrogens is 418 g/mol. The van der Waals surface area contributed by atoms with Gasteiger partial charge in [0.15, 0.2) is 5.13 Å². The fourth-order valence-electron chi connectivity index (χ4n) is 2.97. The second kappa shape index (κ2) is 7.85. The molecule has 2 aromatic carbocycles. The summed E-state index contributed by atoms with van der Waals surface area (Å²) in [5.41, 5.74) is 2.48. The summed E-state index contributed by atoms with van der Waals surface area (Å²) >= 11 is 1.19. The van der Waals surface area contributed by atoms with E-state index in [9.17, 15) is 13.2 Å². The standard InChI is InChI=1S/C22H23N3O3S2/c1-22(2,19-14-29-21(24-19)25-30(27,28)18-12-13-18)20(26)23-17-10-8-16(9-11-17)15-6-4-3-5-7-15/h3-11,14,18H,12-13H2,1-2H3,(H,23,26)(H,24,25). The molecule has 6 nitrogen and oxygen atoms in total. The smallest absolute Gasteiger partial charge is 0.237 e. The molecule has 0 spiro atoms. The molecule has 0 saturated heterocycles. The predicted octanol–water partition coefficient (Wildman–Crippen LogP) is 4.63. The van der Waals surface area contributed by atoms with Gasteiger partial charge in [0.25, 0.3) is 0 Å². The quantitative estimate of drug-likeness (QED) is 0.559. The number of amides is 1. The van der Waals surface area contributed by atoms with Gasteiger partial charge in [0.1, 0.15) is 0 Å². The van der Waals surface area contributed by atoms with Crippen LogP contribution in [0.4, 0.5) is 10.8 Å². The minimum Gasteiger partial charge on any atom is -0.325 e. The van der Waals surface area contributed by atoms with Gasteiger partial charge in [-0.2, -0.15) is 0 Å². The minimum atomic E-state index is -3.37. The number of hydrogen-bond donors (Lipinski definition) is 2. The second-order valence-electron chi connectivity index (χ2n) is 7.91. The fraction of sp³-hybridized carbons (Fsp3) is 0.273. The highest BCUT2D eigenvalue weighted by Crippen LogP contribution is 2.33. The molecule has 1 aromatic heterocycles. The average Bonchev–Trinajstić information content (AvgIpc) is 3.50. The van der Waals surface area contributed by atoms with Crippen molar-refractivity contribution in [3.63, 3.8) is 0 Å². The molecule has 156 valence electrons. The molecule has 30 heavy (non-hydrogen) atoms. The number of hydrogen-bond acceptors (Lipinski definition) is 5. The van der Waals surface area contributed by atoms with Gasteiger partial charge in [0.2, 0.25) is 15.9 Å². The van der Waals surface area contributed by atoms with Crippen LogP contribution < -0.4 is 10.0 Å². The predicted molar refractivity (Wildman–Crippen MR) is 121 cm³/mol. The summed E-state index contributed by atoms with van der Waals surface area (Å²) < 4.78 is 26.7. The highest BCUT2D eigenvalue weighted by molar-refractivity contribution is 7.93. The summed E-state index contributed by atoms with van der Waals surface area (Å²) in [4.78, 5) is 17.3. The molecule has 0 unspecified atom stereocenters. The van der Waals surface area contributed by atoms with Crippen molar-refractivity contribution >= 4 is 38.1 Å². The number of carbonyl (C=O) groups is 1. The third kappa shape index (κ3) is 4.39. The summed E-state index contributed by atoms with van der Waals surface area (Å²) in [6, 6.07) is 17.7. The van der Waals surface area contributed by atoms with Gasteiger partial charge in [-0.15, -0.1) is 11.3 Å². The number of nitrogens with one attached hydrogen (secondary N) is 2. The number of carbonyl (C=O) groups excluding carboxylic acids is 1. The lowest BCUT2D eigenvalue weighted by Crippen LogP contribution is -2.35. The molecule has 4 rings (SSSR count). The summed E-state index contributed by atoms with van der Waals surface area (Å²) in [6.45, 7) is 3.55. The van der Waals surface area contributed by atoms with Crippen LogP contribution in [0.25, 0.3) is 11.1 Å². The zero-order valence-electron chi connectivity index (χ0n) is 16.8. The SMILES string of the molecule is CC(C)(C(=O)Nc1ccc(-c2ccccc2)cc1)c1csc(NS(=O)(=O)C2CC2)n1. The Bertz CT molecular complexity index is 1150. The molecule has 1 aliphatic carbocycles. The second-order valence-corrected chi connectivity index (χ2v) is 10.7. The molecule has 1 fully saturated rings. The van der Waals surface area contributed by atoms with Gasteiger partial charge in [-0.1, -0.05) is 42.5 Å². The van der Waals surface area contributed by atoms with E-state index in [1.807, 2.05) is 54.6 Å². The first kappa shape index (κ1) is 20.6. The number of nitrogens with zero attached hydrogens (tertiary/aromatic N) is 1. The molecule has 3 aromatic rings. The summed E-state index contributed by atoms with van der Waals surface area (Å²) in [7, 11) is -3.37. The highest BCUT2D eigenvalue weighted by atomic mass is 32.2. The third-order valence-corrected chi connectivity index (χ3v) is 7.87. The first-order valence-electron chi connectivity index (χ1n) is 9.70. The molecule has 0 aliphatic heterocycles. The van der Waals surface area contributed by atoms with Crippen molar-refractivity contribution in [1.82, 2.24) is 4.98 Å². The van der Waals surface area contributed by atoms with Gasteiger partial charge in [-0.25, -0.2) is 13.4 Å². The van der Waals surface area contributed by atoms with Crippen LogP contribution in [-0.2, 0) is 20.2 Å². The molecule has 1 aliphatic rings. The van der Waals surface area contributed by atoms with E-state index in [1.54, 1.807) is 19.2 Å². The van der Waals surface area contributed by atoms with Crippen LogP contribution in [0, 0.1) is 0 Å². The van der Waals surface area contributed by atoms with Crippen LogP contribution in [0.3, 0.4) is 0 Å². The largest absolute Gasteiger partial charge is 0.325 e. The van der Waals surface area contributed by atoms with Crippen molar-refractivity contribution in [3.05, 3.63) is 65.7 Å². The summed E-state index contributed by atoms with van der Waals surface area (Å²) in [6.07, 6.45) is 1.37. The molecule has 1 heterocycles. The fourth-order valence-corrected chi connectivity index (χ4v) is 5.45. The molecule has 0 atom stereocenters. The molecule has 0 radical (unpaired) electrons. The maximum Gasteiger partial charge on any atom is 0.237 e. The number of aromatic nitrogens is 1. The van der Waals surface area contributed by atoms with Crippen LogP contribution in [-0.4, -0.2) is 24.6 Å². The van der Waals surface area contributed by atoms with Crippen molar-refractivity contribution in [2.24, 2.45) is 0 Å². The number of benzene rings is 2. The topological polar surface area (TPSA) is 88.2 Å². The van der Waals surface area contributed by atoms with Crippen LogP contribution >= 0.6 is 11.3 Å². The Morgan fingerprint density at radius 3 is 2.30 bits per heavy atom. The maximum atomic E-state index is 12.9. The first-order chi connectivity index (χ1) is 14.3. The average molecular weight is 442 g/mol. The van der Waals surface area contributed by atoms with E-state index in [2.05, 4.69) is 15.0 Å². The number of sulfonamides is 1. The molecule has 8 heteroatoms. The Hall–Kier alpha value is -2.71. The van der Waals surface area contributed by atoms with E-state index in [0.717, 1.165) is 11.1 Å². The van der Waals surface area contributed by atoms with E-state index in [1.165, 1.54) is 11.3 Å². The van der Waals surface area contributed by atoms with Crippen molar-refractivity contribution in [3.8, 4) is 11.1 Å². The van der Waals surface area contributed by atoms with Crippen LogP contribution in [0.5, 0.6) is 0 Å². The van der Waals surface area contributed by atoms with Crippen LogP contribution in [0.15, 0.2) is 60.0 Å². The van der Waals surface area contributed by atoms with Gasteiger partial charge in [-0.3, -0.25) is 9.52 Å². The zero-order chi connectivity index (χ0) is 21.4. The monoisotopic (exact) mass is 441 g/mol. The summed E-state index contributed by atoms with van der Waals surface area (Å²) in [5, 5.41) is 4.63.